The van der Waals surface area contributed by atoms with Crippen molar-refractivity contribution in [3.05, 3.63) is 76.2 Å². The number of nitrogens with zero attached hydrogens (tertiary/aromatic N) is 3. The second-order valence-corrected chi connectivity index (χ2v) is 11.5. The molecule has 0 atom stereocenters. The third kappa shape index (κ3) is 3.70. The predicted octanol–water partition coefficient (Wildman–Crippen LogP) is 8.41. The van der Waals surface area contributed by atoms with Crippen LogP contribution in [0.25, 0.3) is 42.8 Å². The van der Waals surface area contributed by atoms with Crippen molar-refractivity contribution >= 4 is 32.5 Å². The molecule has 0 saturated heterocycles. The first-order chi connectivity index (χ1) is 16.0. The first kappa shape index (κ1) is 22.7. The second-order valence-electron chi connectivity index (χ2n) is 10.5. The summed E-state index contributed by atoms with van der Waals surface area (Å²) >= 11 is 1.81. The summed E-state index contributed by atoms with van der Waals surface area (Å²) in [6, 6.07) is 13.3. The Hall–Kier alpha value is -3.11. The molecule has 0 saturated carbocycles. The monoisotopic (exact) mass is 465 g/mol. The third-order valence-electron chi connectivity index (χ3n) is 6.62. The first-order valence-corrected chi connectivity index (χ1v) is 12.6. The normalized spacial score (nSPS) is 12.1. The SMILES string of the molecule is Cc1cc(C)c(-c2sc3c(-c4cc(C(C)(C)C)c5nc(C)ccc5c4)ncnc3c2C)c(C)c1. The summed E-state index contributed by atoms with van der Waals surface area (Å²) in [4.78, 5) is 15.7. The Morgan fingerprint density at radius 3 is 2.18 bits per heavy atom. The van der Waals surface area contributed by atoms with Gasteiger partial charge in [0.1, 0.15) is 6.33 Å². The van der Waals surface area contributed by atoms with Crippen molar-refractivity contribution in [1.82, 2.24) is 15.0 Å². The Labute approximate surface area is 205 Å². The minimum Gasteiger partial charge on any atom is -0.253 e. The minimum absolute atomic E-state index is 0.0339. The molecule has 0 amide bonds. The Kier molecular flexibility index (Phi) is 5.33. The quantitative estimate of drug-likeness (QED) is 0.263. The van der Waals surface area contributed by atoms with Gasteiger partial charge in [-0.3, -0.25) is 4.98 Å². The Bertz CT molecular complexity index is 1560. The van der Waals surface area contributed by atoms with Crippen LogP contribution in [0, 0.1) is 34.6 Å². The van der Waals surface area contributed by atoms with Gasteiger partial charge in [0.25, 0.3) is 0 Å². The number of aryl methyl sites for hydroxylation is 5. The molecule has 3 heterocycles. The van der Waals surface area contributed by atoms with Gasteiger partial charge in [0, 0.05) is 21.5 Å². The molecule has 0 spiro atoms. The summed E-state index contributed by atoms with van der Waals surface area (Å²) in [7, 11) is 0. The van der Waals surface area contributed by atoms with Crippen LogP contribution in [0.3, 0.4) is 0 Å². The molecule has 0 radical (unpaired) electrons. The van der Waals surface area contributed by atoms with Gasteiger partial charge in [-0.05, 0) is 86.1 Å². The zero-order valence-electron chi connectivity index (χ0n) is 21.3. The fourth-order valence-electron chi connectivity index (χ4n) is 5.05. The molecule has 3 aromatic heterocycles. The number of benzene rings is 2. The van der Waals surface area contributed by atoms with Crippen molar-refractivity contribution in [3.63, 3.8) is 0 Å². The van der Waals surface area contributed by atoms with Crippen LogP contribution in [-0.2, 0) is 5.41 Å². The van der Waals surface area contributed by atoms with Crippen LogP contribution in [0.15, 0.2) is 42.7 Å². The largest absolute Gasteiger partial charge is 0.253 e. The molecule has 0 aliphatic carbocycles. The average Bonchev–Trinajstić information content (AvgIpc) is 3.08. The van der Waals surface area contributed by atoms with E-state index in [1.54, 1.807) is 6.33 Å². The van der Waals surface area contributed by atoms with Gasteiger partial charge in [-0.2, -0.15) is 0 Å². The first-order valence-electron chi connectivity index (χ1n) is 11.8. The minimum atomic E-state index is -0.0339. The summed E-state index contributed by atoms with van der Waals surface area (Å²) in [5, 5.41) is 1.15. The third-order valence-corrected chi connectivity index (χ3v) is 7.93. The standard InChI is InChI=1S/C30H31N3S/c1-16-11-17(2)24(18(3)12-16)28-20(5)25-29(34-28)27(32-15-31-25)22-13-21-10-9-19(4)33-26(21)23(14-22)30(6,7)8/h9-15H,1-8H3. The summed E-state index contributed by atoms with van der Waals surface area (Å²) in [5.74, 6) is 0. The average molecular weight is 466 g/mol. The van der Waals surface area contributed by atoms with E-state index in [0.717, 1.165) is 38.1 Å². The molecule has 3 nitrogen and oxygen atoms in total. The number of hydrogen-bond donors (Lipinski definition) is 0. The van der Waals surface area contributed by atoms with Crippen LogP contribution < -0.4 is 0 Å². The molecular formula is C30H31N3S. The van der Waals surface area contributed by atoms with Crippen molar-refractivity contribution in [1.29, 1.82) is 0 Å². The molecule has 0 fully saturated rings. The van der Waals surface area contributed by atoms with Crippen LogP contribution in [0.4, 0.5) is 0 Å². The molecule has 4 heteroatoms. The molecule has 34 heavy (non-hydrogen) atoms. The predicted molar refractivity (Wildman–Crippen MR) is 146 cm³/mol. The van der Waals surface area contributed by atoms with E-state index >= 15 is 0 Å². The van der Waals surface area contributed by atoms with E-state index in [1.165, 1.54) is 38.3 Å². The summed E-state index contributed by atoms with van der Waals surface area (Å²) in [5.41, 5.74) is 13.0. The van der Waals surface area contributed by atoms with Crippen molar-refractivity contribution in [2.45, 2.75) is 60.8 Å². The maximum absolute atomic E-state index is 4.89. The van der Waals surface area contributed by atoms with Crippen LogP contribution in [-0.4, -0.2) is 15.0 Å². The van der Waals surface area contributed by atoms with Gasteiger partial charge in [-0.15, -0.1) is 11.3 Å². The van der Waals surface area contributed by atoms with Gasteiger partial charge in [-0.1, -0.05) is 44.5 Å². The van der Waals surface area contributed by atoms with Crippen LogP contribution in [0.1, 0.15) is 54.3 Å². The van der Waals surface area contributed by atoms with E-state index in [9.17, 15) is 0 Å². The maximum atomic E-state index is 4.89. The lowest BCUT2D eigenvalue weighted by atomic mass is 9.84. The van der Waals surface area contributed by atoms with Gasteiger partial charge in [0.05, 0.1) is 21.4 Å². The fraction of sp³-hybridized carbons (Fsp3) is 0.300. The van der Waals surface area contributed by atoms with E-state index in [1.807, 2.05) is 11.3 Å². The molecule has 2 aromatic carbocycles. The number of thiophene rings is 1. The molecule has 5 aromatic rings. The highest BCUT2D eigenvalue weighted by Crippen LogP contribution is 2.44. The molecule has 0 bridgehead atoms. The number of aromatic nitrogens is 3. The Morgan fingerprint density at radius 1 is 0.794 bits per heavy atom. The lowest BCUT2D eigenvalue weighted by Gasteiger charge is -2.22. The number of rotatable bonds is 2. The lowest BCUT2D eigenvalue weighted by molar-refractivity contribution is 0.594. The van der Waals surface area contributed by atoms with Crippen LogP contribution in [0.5, 0.6) is 0 Å². The van der Waals surface area contributed by atoms with Crippen molar-refractivity contribution < 1.29 is 0 Å². The molecule has 0 aliphatic rings. The lowest BCUT2D eigenvalue weighted by Crippen LogP contribution is -2.13. The van der Waals surface area contributed by atoms with Crippen molar-refractivity contribution in [2.24, 2.45) is 0 Å². The van der Waals surface area contributed by atoms with Gasteiger partial charge < -0.3 is 0 Å². The maximum Gasteiger partial charge on any atom is 0.116 e. The second kappa shape index (κ2) is 7.99. The van der Waals surface area contributed by atoms with E-state index in [0.29, 0.717) is 0 Å². The molecule has 0 aliphatic heterocycles. The fourth-order valence-corrected chi connectivity index (χ4v) is 6.49. The van der Waals surface area contributed by atoms with E-state index < -0.39 is 0 Å². The topological polar surface area (TPSA) is 38.7 Å². The van der Waals surface area contributed by atoms with Crippen LogP contribution in [0.2, 0.25) is 0 Å². The zero-order valence-corrected chi connectivity index (χ0v) is 22.1. The Morgan fingerprint density at radius 2 is 1.50 bits per heavy atom. The highest BCUT2D eigenvalue weighted by molar-refractivity contribution is 7.23. The summed E-state index contributed by atoms with van der Waals surface area (Å²) in [6.45, 7) is 17.6. The molecule has 5 rings (SSSR count). The van der Waals surface area contributed by atoms with Gasteiger partial charge in [0.2, 0.25) is 0 Å². The molecule has 0 N–H and O–H groups in total. The summed E-state index contributed by atoms with van der Waals surface area (Å²) < 4.78 is 1.15. The molecule has 172 valence electrons. The van der Waals surface area contributed by atoms with E-state index in [-0.39, 0.29) is 5.41 Å². The van der Waals surface area contributed by atoms with Gasteiger partial charge in [0.15, 0.2) is 0 Å². The van der Waals surface area contributed by atoms with E-state index in [2.05, 4.69) is 91.8 Å². The number of pyridine rings is 1. The number of fused-ring (bicyclic) bond motifs is 2. The van der Waals surface area contributed by atoms with Crippen molar-refractivity contribution in [2.75, 3.05) is 0 Å². The van der Waals surface area contributed by atoms with Crippen LogP contribution >= 0.6 is 11.3 Å². The highest BCUT2D eigenvalue weighted by Gasteiger charge is 2.23. The number of hydrogen-bond acceptors (Lipinski definition) is 4. The molecule has 0 unspecified atom stereocenters. The smallest absolute Gasteiger partial charge is 0.116 e. The molecular weight excluding hydrogens is 434 g/mol. The summed E-state index contributed by atoms with van der Waals surface area (Å²) in [6.07, 6.45) is 1.71. The highest BCUT2D eigenvalue weighted by atomic mass is 32.1. The van der Waals surface area contributed by atoms with Crippen molar-refractivity contribution in [3.8, 4) is 21.7 Å². The van der Waals surface area contributed by atoms with E-state index in [4.69, 9.17) is 15.0 Å². The van der Waals surface area contributed by atoms with Gasteiger partial charge >= 0.3 is 0 Å². The Balaban J connectivity index is 1.80. The van der Waals surface area contributed by atoms with Gasteiger partial charge in [-0.25, -0.2) is 9.97 Å². The zero-order chi connectivity index (χ0) is 24.4.